The Balaban J connectivity index is 1.84. The Bertz CT molecular complexity index is 811. The lowest BCUT2D eigenvalue weighted by molar-refractivity contribution is -0.386. The molecule has 0 bridgehead atoms. The third-order valence-electron chi connectivity index (χ3n) is 3.98. The van der Waals surface area contributed by atoms with Crippen molar-refractivity contribution in [2.24, 2.45) is 0 Å². The molecule has 1 N–H and O–H groups in total. The maximum Gasteiger partial charge on any atom is 0.312 e. The van der Waals surface area contributed by atoms with E-state index < -0.39 is 4.92 Å². The first-order chi connectivity index (χ1) is 11.7. The van der Waals surface area contributed by atoms with Crippen LogP contribution in [0.2, 0.25) is 5.02 Å². The quantitative estimate of drug-likeness (QED) is 0.457. The fraction of sp³-hybridized carbons (Fsp3) is 0.533. The Morgan fingerprint density at radius 1 is 1.16 bits per heavy atom. The van der Waals surface area contributed by atoms with Crippen LogP contribution in [0.15, 0.2) is 0 Å². The van der Waals surface area contributed by atoms with E-state index in [1.165, 1.54) is 4.68 Å². The Morgan fingerprint density at radius 2 is 1.80 bits per heavy atom. The van der Waals surface area contributed by atoms with E-state index in [-0.39, 0.29) is 18.1 Å². The number of aryl methyl sites for hydroxylation is 3. The molecule has 0 aromatic carbocycles. The van der Waals surface area contributed by atoms with Gasteiger partial charge in [-0.05, 0) is 34.1 Å². The molecular formula is C15H21ClN6O3. The van der Waals surface area contributed by atoms with Gasteiger partial charge in [0, 0.05) is 13.1 Å². The molecule has 0 fully saturated rings. The first-order valence-electron chi connectivity index (χ1n) is 7.87. The largest absolute Gasteiger partial charge is 0.354 e. The lowest BCUT2D eigenvalue weighted by Crippen LogP contribution is -2.29. The smallest absolute Gasteiger partial charge is 0.312 e. The van der Waals surface area contributed by atoms with Gasteiger partial charge in [-0.15, -0.1) is 0 Å². The minimum atomic E-state index is -0.481. The van der Waals surface area contributed by atoms with E-state index in [1.807, 2.05) is 18.5 Å². The SMILES string of the molecule is Cc1nn(CCCNC(=O)Cn2nc(C)c([N+](=O)[O-])c2C)c(C)c1Cl. The minimum absolute atomic E-state index is 0.0470. The summed E-state index contributed by atoms with van der Waals surface area (Å²) >= 11 is 6.09. The monoisotopic (exact) mass is 368 g/mol. The average molecular weight is 369 g/mol. The van der Waals surface area contributed by atoms with Crippen molar-refractivity contribution < 1.29 is 9.72 Å². The van der Waals surface area contributed by atoms with E-state index in [1.54, 1.807) is 13.8 Å². The highest BCUT2D eigenvalue weighted by molar-refractivity contribution is 6.31. The molecule has 10 heteroatoms. The van der Waals surface area contributed by atoms with E-state index >= 15 is 0 Å². The maximum absolute atomic E-state index is 12.0. The van der Waals surface area contributed by atoms with Crippen molar-refractivity contribution in [1.82, 2.24) is 24.9 Å². The van der Waals surface area contributed by atoms with Crippen molar-refractivity contribution in [3.8, 4) is 0 Å². The van der Waals surface area contributed by atoms with Crippen LogP contribution in [0.3, 0.4) is 0 Å². The second-order valence-corrected chi connectivity index (χ2v) is 6.22. The summed E-state index contributed by atoms with van der Waals surface area (Å²) in [5, 5.41) is 22.8. The molecule has 0 saturated carbocycles. The van der Waals surface area contributed by atoms with E-state index in [2.05, 4.69) is 15.5 Å². The molecule has 0 aliphatic heterocycles. The number of aromatic nitrogens is 4. The van der Waals surface area contributed by atoms with Crippen molar-refractivity contribution in [2.45, 2.75) is 47.2 Å². The van der Waals surface area contributed by atoms with Gasteiger partial charge < -0.3 is 5.32 Å². The lowest BCUT2D eigenvalue weighted by atomic mass is 10.3. The van der Waals surface area contributed by atoms with Crippen LogP contribution in [0.25, 0.3) is 0 Å². The van der Waals surface area contributed by atoms with Gasteiger partial charge in [0.15, 0.2) is 0 Å². The van der Waals surface area contributed by atoms with Gasteiger partial charge >= 0.3 is 5.69 Å². The summed E-state index contributed by atoms with van der Waals surface area (Å²) in [5.74, 6) is -0.244. The number of nitro groups is 1. The van der Waals surface area contributed by atoms with E-state index in [9.17, 15) is 14.9 Å². The van der Waals surface area contributed by atoms with Crippen LogP contribution >= 0.6 is 11.6 Å². The second kappa shape index (κ2) is 7.64. The standard InChI is InChI=1S/C15H21ClN6O3/c1-9-14(16)11(3)20(18-9)7-5-6-17-13(23)8-21-12(4)15(22(24)25)10(2)19-21/h5-8H2,1-4H3,(H,17,23). The van der Waals surface area contributed by atoms with Gasteiger partial charge in [-0.2, -0.15) is 10.2 Å². The van der Waals surface area contributed by atoms with Gasteiger partial charge in [0.2, 0.25) is 5.91 Å². The summed E-state index contributed by atoms with van der Waals surface area (Å²) in [6.45, 7) is 7.95. The third-order valence-corrected chi connectivity index (χ3v) is 4.53. The van der Waals surface area contributed by atoms with Crippen LogP contribution in [0, 0.1) is 37.8 Å². The topological polar surface area (TPSA) is 108 Å². The van der Waals surface area contributed by atoms with Crippen LogP contribution < -0.4 is 5.32 Å². The summed E-state index contributed by atoms with van der Waals surface area (Å²) < 4.78 is 3.16. The number of halogens is 1. The van der Waals surface area contributed by atoms with E-state index in [0.29, 0.717) is 35.9 Å². The van der Waals surface area contributed by atoms with Gasteiger partial charge in [0.05, 0.1) is 21.3 Å². The Morgan fingerprint density at radius 3 is 2.32 bits per heavy atom. The molecule has 2 rings (SSSR count). The Labute approximate surface area is 150 Å². The zero-order chi connectivity index (χ0) is 18.7. The molecule has 9 nitrogen and oxygen atoms in total. The van der Waals surface area contributed by atoms with Crippen molar-refractivity contribution in [3.05, 3.63) is 37.9 Å². The molecule has 0 aliphatic rings. The predicted molar refractivity (Wildman–Crippen MR) is 92.7 cm³/mol. The molecule has 25 heavy (non-hydrogen) atoms. The summed E-state index contributed by atoms with van der Waals surface area (Å²) in [6, 6.07) is 0. The molecule has 0 saturated heterocycles. The number of carbonyl (C=O) groups excluding carboxylic acids is 1. The predicted octanol–water partition coefficient (Wildman–Crippen LogP) is 2.08. The molecule has 1 amide bonds. The first kappa shape index (κ1) is 18.9. The summed E-state index contributed by atoms with van der Waals surface area (Å²) in [7, 11) is 0. The van der Waals surface area contributed by atoms with Gasteiger partial charge in [-0.3, -0.25) is 24.3 Å². The van der Waals surface area contributed by atoms with Crippen molar-refractivity contribution in [2.75, 3.05) is 6.54 Å². The van der Waals surface area contributed by atoms with Crippen molar-refractivity contribution in [1.29, 1.82) is 0 Å². The molecule has 2 aromatic heterocycles. The number of nitrogens with one attached hydrogen (secondary N) is 1. The van der Waals surface area contributed by atoms with Gasteiger partial charge in [0.25, 0.3) is 0 Å². The number of amides is 1. The number of nitrogens with zero attached hydrogens (tertiary/aromatic N) is 5. The zero-order valence-electron chi connectivity index (χ0n) is 14.7. The molecule has 0 atom stereocenters. The number of hydrogen-bond acceptors (Lipinski definition) is 5. The van der Waals surface area contributed by atoms with Crippen LogP contribution in [0.1, 0.15) is 29.2 Å². The molecular weight excluding hydrogens is 348 g/mol. The highest BCUT2D eigenvalue weighted by atomic mass is 35.5. The number of hydrogen-bond donors (Lipinski definition) is 1. The number of rotatable bonds is 7. The Hall–Kier alpha value is -2.42. The normalized spacial score (nSPS) is 10.9. The fourth-order valence-electron chi connectivity index (χ4n) is 2.65. The van der Waals surface area contributed by atoms with Crippen LogP contribution in [-0.2, 0) is 17.9 Å². The highest BCUT2D eigenvalue weighted by Crippen LogP contribution is 2.21. The molecule has 136 valence electrons. The number of carbonyl (C=O) groups is 1. The first-order valence-corrected chi connectivity index (χ1v) is 8.24. The molecule has 0 aliphatic carbocycles. The molecule has 0 radical (unpaired) electrons. The Kier molecular flexibility index (Phi) is 5.78. The van der Waals surface area contributed by atoms with Gasteiger partial charge in [0.1, 0.15) is 17.9 Å². The van der Waals surface area contributed by atoms with E-state index in [4.69, 9.17) is 11.6 Å². The summed E-state index contributed by atoms with van der Waals surface area (Å²) in [5.41, 5.74) is 2.32. The minimum Gasteiger partial charge on any atom is -0.354 e. The lowest BCUT2D eigenvalue weighted by Gasteiger charge is -2.07. The maximum atomic E-state index is 12.0. The van der Waals surface area contributed by atoms with Crippen LogP contribution in [-0.4, -0.2) is 36.9 Å². The van der Waals surface area contributed by atoms with Crippen LogP contribution in [0.4, 0.5) is 5.69 Å². The summed E-state index contributed by atoms with van der Waals surface area (Å²) in [6.07, 6.45) is 0.696. The molecule has 0 spiro atoms. The molecule has 2 aromatic rings. The molecule has 2 heterocycles. The third kappa shape index (κ3) is 4.16. The van der Waals surface area contributed by atoms with E-state index in [0.717, 1.165) is 11.4 Å². The fourth-order valence-corrected chi connectivity index (χ4v) is 2.78. The van der Waals surface area contributed by atoms with Crippen LogP contribution in [0.5, 0.6) is 0 Å². The average Bonchev–Trinajstić information content (AvgIpc) is 2.94. The highest BCUT2D eigenvalue weighted by Gasteiger charge is 2.22. The second-order valence-electron chi connectivity index (χ2n) is 5.85. The van der Waals surface area contributed by atoms with Gasteiger partial charge in [-0.1, -0.05) is 11.6 Å². The molecule has 0 unspecified atom stereocenters. The summed E-state index contributed by atoms with van der Waals surface area (Å²) in [4.78, 5) is 22.5. The van der Waals surface area contributed by atoms with Gasteiger partial charge in [-0.25, -0.2) is 0 Å². The van der Waals surface area contributed by atoms with Crippen molar-refractivity contribution in [3.63, 3.8) is 0 Å². The van der Waals surface area contributed by atoms with Crippen molar-refractivity contribution >= 4 is 23.2 Å². The zero-order valence-corrected chi connectivity index (χ0v) is 15.4.